The van der Waals surface area contributed by atoms with Crippen molar-refractivity contribution in [2.45, 2.75) is 19.4 Å². The van der Waals surface area contributed by atoms with Crippen LogP contribution in [0, 0.1) is 0 Å². The summed E-state index contributed by atoms with van der Waals surface area (Å²) in [4.78, 5) is 40.7. The van der Waals surface area contributed by atoms with Crippen LogP contribution in [0.25, 0.3) is 11.0 Å². The molecule has 0 spiro atoms. The molecule has 1 aromatic heterocycles. The summed E-state index contributed by atoms with van der Waals surface area (Å²) < 4.78 is 5.05. The molecule has 3 aromatic rings. The molecule has 1 amide bonds. The molecule has 0 bridgehead atoms. The highest BCUT2D eigenvalue weighted by Gasteiger charge is 2.10. The third-order valence-corrected chi connectivity index (χ3v) is 4.06. The monoisotopic (exact) mass is 353 g/mol. The van der Waals surface area contributed by atoms with Gasteiger partial charge < -0.3 is 20.0 Å². The lowest BCUT2D eigenvalue weighted by Gasteiger charge is -2.06. The molecule has 7 nitrogen and oxygen atoms in total. The van der Waals surface area contributed by atoms with Gasteiger partial charge in [0.05, 0.1) is 18.1 Å². The Labute approximate surface area is 149 Å². The number of aromatic amines is 2. The van der Waals surface area contributed by atoms with Crippen molar-refractivity contribution in [3.8, 4) is 5.75 Å². The maximum Gasteiger partial charge on any atom is 0.323 e. The van der Waals surface area contributed by atoms with E-state index in [0.717, 1.165) is 11.1 Å². The van der Waals surface area contributed by atoms with Gasteiger partial charge in [0.1, 0.15) is 5.75 Å². The number of ether oxygens (including phenoxy) is 1. The van der Waals surface area contributed by atoms with E-state index in [-0.39, 0.29) is 30.2 Å². The summed E-state index contributed by atoms with van der Waals surface area (Å²) in [6.07, 6.45) is 0.260. The molecule has 26 heavy (non-hydrogen) atoms. The smallest absolute Gasteiger partial charge is 0.323 e. The van der Waals surface area contributed by atoms with E-state index in [2.05, 4.69) is 15.3 Å². The molecule has 2 aromatic carbocycles. The minimum Gasteiger partial charge on any atom is -0.497 e. The van der Waals surface area contributed by atoms with Gasteiger partial charge in [0.25, 0.3) is 0 Å². The Hall–Kier alpha value is -3.35. The van der Waals surface area contributed by atoms with Crippen molar-refractivity contribution >= 4 is 22.7 Å². The van der Waals surface area contributed by atoms with Crippen LogP contribution in [0.15, 0.2) is 47.3 Å². The maximum absolute atomic E-state index is 12.1. The van der Waals surface area contributed by atoms with Crippen molar-refractivity contribution in [1.29, 1.82) is 0 Å². The van der Waals surface area contributed by atoms with Gasteiger partial charge in [0.2, 0.25) is 5.91 Å². The fourth-order valence-corrected chi connectivity index (χ4v) is 2.63. The zero-order chi connectivity index (χ0) is 18.5. The number of hydrogen-bond acceptors (Lipinski definition) is 4. The van der Waals surface area contributed by atoms with E-state index in [1.54, 1.807) is 43.5 Å². The van der Waals surface area contributed by atoms with Gasteiger partial charge in [-0.15, -0.1) is 0 Å². The van der Waals surface area contributed by atoms with Gasteiger partial charge in [-0.25, -0.2) is 4.79 Å². The predicted octanol–water partition coefficient (Wildman–Crippen LogP) is 2.14. The molecule has 0 saturated carbocycles. The number of carbonyl (C=O) groups is 2. The second kappa shape index (κ2) is 7.69. The number of hydrogen-bond donors (Lipinski definition) is 3. The van der Waals surface area contributed by atoms with E-state index in [0.29, 0.717) is 23.4 Å². The van der Waals surface area contributed by atoms with Crippen LogP contribution in [0.5, 0.6) is 5.75 Å². The first kappa shape index (κ1) is 17.5. The Morgan fingerprint density at radius 1 is 1.00 bits per heavy atom. The van der Waals surface area contributed by atoms with Crippen LogP contribution in [0.1, 0.15) is 28.8 Å². The number of benzene rings is 2. The van der Waals surface area contributed by atoms with Crippen LogP contribution in [-0.2, 0) is 11.3 Å². The number of fused-ring (bicyclic) bond motifs is 1. The Morgan fingerprint density at radius 2 is 1.73 bits per heavy atom. The van der Waals surface area contributed by atoms with Crippen molar-refractivity contribution in [1.82, 2.24) is 15.3 Å². The number of carbonyl (C=O) groups excluding carboxylic acids is 2. The fraction of sp³-hybridized carbons (Fsp3) is 0.211. The van der Waals surface area contributed by atoms with Crippen molar-refractivity contribution in [3.63, 3.8) is 0 Å². The molecule has 0 aliphatic carbocycles. The van der Waals surface area contributed by atoms with E-state index in [1.165, 1.54) is 0 Å². The first-order valence-electron chi connectivity index (χ1n) is 8.20. The van der Waals surface area contributed by atoms with Crippen LogP contribution in [0.2, 0.25) is 0 Å². The quantitative estimate of drug-likeness (QED) is 0.566. The highest BCUT2D eigenvalue weighted by atomic mass is 16.5. The fourth-order valence-electron chi connectivity index (χ4n) is 2.63. The molecule has 0 fully saturated rings. The van der Waals surface area contributed by atoms with E-state index < -0.39 is 0 Å². The topological polar surface area (TPSA) is 104 Å². The molecule has 0 unspecified atom stereocenters. The number of aromatic nitrogens is 2. The summed E-state index contributed by atoms with van der Waals surface area (Å²) >= 11 is 0. The molecular formula is C19H19N3O4. The second-order valence-corrected chi connectivity index (χ2v) is 5.89. The summed E-state index contributed by atoms with van der Waals surface area (Å²) in [5.41, 5.74) is 2.56. The number of amides is 1. The molecule has 0 radical (unpaired) electrons. The Kier molecular flexibility index (Phi) is 5.17. The molecule has 0 saturated heterocycles. The van der Waals surface area contributed by atoms with Crippen molar-refractivity contribution < 1.29 is 14.3 Å². The number of imidazole rings is 1. The van der Waals surface area contributed by atoms with E-state index in [4.69, 9.17) is 4.74 Å². The van der Waals surface area contributed by atoms with Gasteiger partial charge in [0, 0.05) is 24.9 Å². The first-order valence-corrected chi connectivity index (χ1v) is 8.20. The largest absolute Gasteiger partial charge is 0.497 e. The first-order chi connectivity index (χ1) is 12.5. The normalized spacial score (nSPS) is 10.7. The lowest BCUT2D eigenvalue weighted by Crippen LogP contribution is -2.23. The molecule has 7 heteroatoms. The number of nitrogens with one attached hydrogen (secondary N) is 3. The summed E-state index contributed by atoms with van der Waals surface area (Å²) in [6.45, 7) is 0.332. The Bertz CT molecular complexity index is 986. The zero-order valence-corrected chi connectivity index (χ0v) is 14.3. The summed E-state index contributed by atoms with van der Waals surface area (Å²) in [5.74, 6) is 0.392. The standard InChI is InChI=1S/C19H19N3O4/c1-26-14-5-3-13(4-6-14)17(23)8-9-18(24)20-11-12-2-7-15-16(10-12)22-19(25)21-15/h2-7,10H,8-9,11H2,1H3,(H,20,24)(H2,21,22,25). The van der Waals surface area contributed by atoms with Gasteiger partial charge in [-0.2, -0.15) is 0 Å². The van der Waals surface area contributed by atoms with Gasteiger partial charge >= 0.3 is 5.69 Å². The summed E-state index contributed by atoms with van der Waals surface area (Å²) in [7, 11) is 1.56. The van der Waals surface area contributed by atoms with Crippen LogP contribution >= 0.6 is 0 Å². The van der Waals surface area contributed by atoms with Crippen molar-refractivity contribution in [2.24, 2.45) is 0 Å². The highest BCUT2D eigenvalue weighted by molar-refractivity contribution is 5.98. The lowest BCUT2D eigenvalue weighted by molar-refractivity contribution is -0.121. The zero-order valence-electron chi connectivity index (χ0n) is 14.3. The van der Waals surface area contributed by atoms with Gasteiger partial charge in [-0.3, -0.25) is 9.59 Å². The minimum atomic E-state index is -0.266. The molecule has 0 aliphatic rings. The third kappa shape index (κ3) is 4.18. The lowest BCUT2D eigenvalue weighted by atomic mass is 10.1. The Balaban J connectivity index is 1.49. The second-order valence-electron chi connectivity index (χ2n) is 5.89. The van der Waals surface area contributed by atoms with Crippen LogP contribution in [0.3, 0.4) is 0 Å². The Morgan fingerprint density at radius 3 is 2.46 bits per heavy atom. The molecule has 3 N–H and O–H groups in total. The average Bonchev–Trinajstić information content (AvgIpc) is 3.03. The van der Waals surface area contributed by atoms with Gasteiger partial charge in [-0.1, -0.05) is 6.07 Å². The SMILES string of the molecule is COc1ccc(C(=O)CCC(=O)NCc2ccc3[nH]c(=O)[nH]c3c2)cc1. The molecule has 3 rings (SSSR count). The summed E-state index contributed by atoms with van der Waals surface area (Å²) in [5, 5.41) is 2.78. The molecular weight excluding hydrogens is 334 g/mol. The third-order valence-electron chi connectivity index (χ3n) is 4.06. The number of ketones is 1. The minimum absolute atomic E-state index is 0.0888. The van der Waals surface area contributed by atoms with Gasteiger partial charge in [0.15, 0.2) is 5.78 Å². The van der Waals surface area contributed by atoms with Crippen molar-refractivity contribution in [2.75, 3.05) is 7.11 Å². The predicted molar refractivity (Wildman–Crippen MR) is 97.3 cm³/mol. The van der Waals surface area contributed by atoms with Gasteiger partial charge in [-0.05, 0) is 42.0 Å². The number of H-pyrrole nitrogens is 2. The maximum atomic E-state index is 12.1. The number of rotatable bonds is 7. The van der Waals surface area contributed by atoms with E-state index in [1.807, 2.05) is 6.07 Å². The number of methoxy groups -OCH3 is 1. The number of Topliss-reactive ketones (excluding diaryl/α,β-unsaturated/α-hetero) is 1. The molecule has 0 atom stereocenters. The summed E-state index contributed by atoms with van der Waals surface area (Å²) in [6, 6.07) is 12.2. The molecule has 1 heterocycles. The average molecular weight is 353 g/mol. The van der Waals surface area contributed by atoms with Crippen LogP contribution in [0.4, 0.5) is 0 Å². The van der Waals surface area contributed by atoms with Crippen LogP contribution < -0.4 is 15.7 Å². The van der Waals surface area contributed by atoms with E-state index in [9.17, 15) is 14.4 Å². The molecule has 134 valence electrons. The highest BCUT2D eigenvalue weighted by Crippen LogP contribution is 2.13. The van der Waals surface area contributed by atoms with E-state index >= 15 is 0 Å². The molecule has 0 aliphatic heterocycles. The van der Waals surface area contributed by atoms with Crippen molar-refractivity contribution in [3.05, 3.63) is 64.1 Å². The van der Waals surface area contributed by atoms with Crippen LogP contribution in [-0.4, -0.2) is 28.8 Å².